The Balaban J connectivity index is 4.40. The highest BCUT2D eigenvalue weighted by atomic mass is 16.6. The molecule has 0 N–H and O–H groups in total. The van der Waals surface area contributed by atoms with E-state index in [1.165, 1.54) is 12.8 Å². The van der Waals surface area contributed by atoms with Crippen LogP contribution in [0, 0.1) is 0 Å². The van der Waals surface area contributed by atoms with Crippen LogP contribution in [0.2, 0.25) is 0 Å². The van der Waals surface area contributed by atoms with E-state index in [2.05, 4.69) is 98.9 Å². The molecule has 0 aromatic carbocycles. The number of aliphatic carboxylic acids is 1. The van der Waals surface area contributed by atoms with E-state index in [-0.39, 0.29) is 49.1 Å². The van der Waals surface area contributed by atoms with E-state index in [0.717, 1.165) is 109 Å². The molecule has 0 rings (SSSR count). The Kier molecular flexibility index (Phi) is 36.9. The summed E-state index contributed by atoms with van der Waals surface area (Å²) in [6, 6.07) is -0.736. The third kappa shape index (κ3) is 37.8. The van der Waals surface area contributed by atoms with Gasteiger partial charge in [-0.1, -0.05) is 137 Å². The van der Waals surface area contributed by atoms with Crippen LogP contribution in [0.5, 0.6) is 0 Å². The zero-order chi connectivity index (χ0) is 42.1. The molecule has 0 amide bonds. The van der Waals surface area contributed by atoms with Crippen molar-refractivity contribution in [1.29, 1.82) is 0 Å². The molecule has 0 aliphatic rings. The zero-order valence-corrected chi connectivity index (χ0v) is 36.7. The second-order valence-corrected chi connectivity index (χ2v) is 15.5. The molecule has 0 heterocycles. The average molecular weight is 796 g/mol. The molecule has 0 aromatic heterocycles. The Labute approximate surface area is 348 Å². The van der Waals surface area contributed by atoms with Crippen molar-refractivity contribution in [1.82, 2.24) is 0 Å². The molecule has 2 atom stereocenters. The molecule has 0 fully saturated rings. The van der Waals surface area contributed by atoms with Crippen LogP contribution < -0.4 is 5.11 Å². The fraction of sp³-hybridized carbons (Fsp3) is 0.653. The maximum Gasteiger partial charge on any atom is 0.306 e. The monoisotopic (exact) mass is 796 g/mol. The van der Waals surface area contributed by atoms with Gasteiger partial charge in [-0.05, 0) is 83.5 Å². The number of quaternary nitrogens is 1. The fourth-order valence-electron chi connectivity index (χ4n) is 5.90. The number of hydrogen-bond donors (Lipinski definition) is 0. The van der Waals surface area contributed by atoms with Gasteiger partial charge in [0.25, 0.3) is 0 Å². The van der Waals surface area contributed by atoms with Crippen molar-refractivity contribution < 1.29 is 38.2 Å². The fourth-order valence-corrected chi connectivity index (χ4v) is 5.90. The molecule has 8 nitrogen and oxygen atoms in total. The minimum absolute atomic E-state index is 0.0216. The summed E-state index contributed by atoms with van der Waals surface area (Å²) in [7, 11) is 5.38. The van der Waals surface area contributed by atoms with E-state index in [0.29, 0.717) is 6.42 Å². The number of unbranched alkanes of at least 4 members (excludes halogenated alkanes) is 10. The highest BCUT2D eigenvalue weighted by molar-refractivity contribution is 5.70. The number of carboxylic acid groups (broad SMARTS) is 1. The third-order valence-corrected chi connectivity index (χ3v) is 9.28. The molecule has 57 heavy (non-hydrogen) atoms. The molecule has 0 saturated heterocycles. The van der Waals surface area contributed by atoms with Gasteiger partial charge >= 0.3 is 11.9 Å². The number of nitrogens with zero attached hydrogens (tertiary/aromatic N) is 1. The number of ether oxygens (including phenoxy) is 3. The summed E-state index contributed by atoms with van der Waals surface area (Å²) < 4.78 is 17.1. The van der Waals surface area contributed by atoms with Crippen molar-refractivity contribution >= 4 is 17.9 Å². The highest BCUT2D eigenvalue weighted by Crippen LogP contribution is 2.12. The largest absolute Gasteiger partial charge is 0.544 e. The summed E-state index contributed by atoms with van der Waals surface area (Å²) in [6.45, 7) is 4.38. The molecule has 2 unspecified atom stereocenters. The zero-order valence-electron chi connectivity index (χ0n) is 36.7. The first-order valence-corrected chi connectivity index (χ1v) is 22.1. The van der Waals surface area contributed by atoms with Crippen molar-refractivity contribution in [2.24, 2.45) is 0 Å². The molecule has 0 radical (unpaired) electrons. The number of hydrogen-bond acceptors (Lipinski definition) is 7. The molecule has 0 aromatic rings. The lowest BCUT2D eigenvalue weighted by molar-refractivity contribution is -0.889. The smallest absolute Gasteiger partial charge is 0.306 e. The quantitative estimate of drug-likeness (QED) is 0.0265. The minimum Gasteiger partial charge on any atom is -0.544 e. The molecule has 8 heteroatoms. The minimum atomic E-state index is -1.14. The molecule has 0 bridgehead atoms. The summed E-state index contributed by atoms with van der Waals surface area (Å²) in [5.74, 6) is -1.79. The van der Waals surface area contributed by atoms with E-state index >= 15 is 0 Å². The Hall–Kier alpha value is -3.49. The van der Waals surface area contributed by atoms with E-state index in [1.807, 2.05) is 0 Å². The first-order chi connectivity index (χ1) is 27.6. The lowest BCUT2D eigenvalue weighted by Gasteiger charge is -2.34. The van der Waals surface area contributed by atoms with Gasteiger partial charge in [-0.15, -0.1) is 0 Å². The van der Waals surface area contributed by atoms with Crippen molar-refractivity contribution in [3.8, 4) is 0 Å². The maximum absolute atomic E-state index is 12.7. The molecule has 0 saturated carbocycles. The van der Waals surface area contributed by atoms with Crippen molar-refractivity contribution in [3.63, 3.8) is 0 Å². The predicted molar refractivity (Wildman–Crippen MR) is 235 cm³/mol. The van der Waals surface area contributed by atoms with Crippen LogP contribution in [0.3, 0.4) is 0 Å². The Morgan fingerprint density at radius 3 is 1.37 bits per heavy atom. The predicted octanol–water partition coefficient (Wildman–Crippen LogP) is 10.8. The summed E-state index contributed by atoms with van der Waals surface area (Å²) in [5.41, 5.74) is 0. The Morgan fingerprint density at radius 1 is 0.526 bits per heavy atom. The van der Waals surface area contributed by atoms with Gasteiger partial charge in [-0.3, -0.25) is 9.59 Å². The number of carboxylic acids is 1. The average Bonchev–Trinajstić information content (AvgIpc) is 3.17. The Bertz CT molecular complexity index is 1200. The van der Waals surface area contributed by atoms with Gasteiger partial charge in [0.05, 0.1) is 40.3 Å². The van der Waals surface area contributed by atoms with E-state index < -0.39 is 18.1 Å². The van der Waals surface area contributed by atoms with Gasteiger partial charge in [0.15, 0.2) is 6.10 Å². The summed E-state index contributed by atoms with van der Waals surface area (Å²) in [4.78, 5) is 36.9. The lowest BCUT2D eigenvalue weighted by Crippen LogP contribution is -2.55. The van der Waals surface area contributed by atoms with Crippen LogP contribution >= 0.6 is 0 Å². The van der Waals surface area contributed by atoms with E-state index in [4.69, 9.17) is 14.2 Å². The number of rotatable bonds is 38. The van der Waals surface area contributed by atoms with Crippen LogP contribution in [-0.4, -0.2) is 75.5 Å². The van der Waals surface area contributed by atoms with Crippen LogP contribution in [-0.2, 0) is 28.6 Å². The lowest BCUT2D eigenvalue weighted by atomic mass is 10.1. The number of carbonyl (C=O) groups excluding carboxylic acids is 3. The summed E-state index contributed by atoms with van der Waals surface area (Å²) >= 11 is 0. The second kappa shape index (κ2) is 39.3. The Morgan fingerprint density at radius 2 is 0.930 bits per heavy atom. The SMILES string of the molecule is CC/C=C/C/C=C/C/C=C/C/C=C/CCCCCCCCC(=O)OCC(COCCC(C(=O)[O-])[N+](C)(C)C)OC(=O)CCCCCC/C=C/C/C=C/C/C=C/CC. The molecular weight excluding hydrogens is 715 g/mol. The number of likely N-dealkylation sites (N-methyl/N-ethyl adjacent to an activating group) is 1. The molecule has 324 valence electrons. The van der Waals surface area contributed by atoms with Crippen molar-refractivity contribution in [2.45, 2.75) is 167 Å². The molecular formula is C49H81NO7. The van der Waals surface area contributed by atoms with E-state index in [1.54, 1.807) is 21.1 Å². The van der Waals surface area contributed by atoms with Crippen LogP contribution in [0.25, 0.3) is 0 Å². The van der Waals surface area contributed by atoms with Gasteiger partial charge < -0.3 is 28.6 Å². The van der Waals surface area contributed by atoms with Gasteiger partial charge in [-0.2, -0.15) is 0 Å². The maximum atomic E-state index is 12.7. The van der Waals surface area contributed by atoms with E-state index in [9.17, 15) is 19.5 Å². The molecule has 0 aliphatic carbocycles. The van der Waals surface area contributed by atoms with Crippen molar-refractivity contribution in [3.05, 3.63) is 85.1 Å². The standard InChI is InChI=1S/C49H81NO7/c1-6-8-10-12-14-16-18-20-22-23-24-25-26-28-29-31-33-35-37-39-47(51)56-44-45(43-55-42-41-46(49(53)54)50(3,4)5)57-48(52)40-38-36-34-32-30-27-21-19-17-15-13-11-9-7-2/h8-11,14-17,20-22,24-25,27,45-46H,6-7,12-13,18-19,23,26,28-44H2,1-5H3/b10-8+,11-9+,16-14+,17-15+,22-20+,25-24+,27-21+. The third-order valence-electron chi connectivity index (χ3n) is 9.28. The first-order valence-electron chi connectivity index (χ1n) is 22.1. The van der Waals surface area contributed by atoms with Crippen LogP contribution in [0.4, 0.5) is 0 Å². The topological polar surface area (TPSA) is 102 Å². The number of allylic oxidation sites excluding steroid dienone is 14. The number of carbonyl (C=O) groups is 3. The molecule has 0 spiro atoms. The van der Waals surface area contributed by atoms with Gasteiger partial charge in [0.2, 0.25) is 0 Å². The van der Waals surface area contributed by atoms with Crippen molar-refractivity contribution in [2.75, 3.05) is 41.0 Å². The van der Waals surface area contributed by atoms with Crippen LogP contribution in [0.15, 0.2) is 85.1 Å². The van der Waals surface area contributed by atoms with Gasteiger partial charge in [0.1, 0.15) is 12.6 Å². The highest BCUT2D eigenvalue weighted by Gasteiger charge is 2.25. The summed E-state index contributed by atoms with van der Waals surface area (Å²) in [5, 5.41) is 11.6. The van der Waals surface area contributed by atoms with Gasteiger partial charge in [-0.25, -0.2) is 0 Å². The normalized spacial score (nSPS) is 13.8. The van der Waals surface area contributed by atoms with Crippen LogP contribution in [0.1, 0.15) is 155 Å². The first kappa shape index (κ1) is 53.5. The number of esters is 2. The summed E-state index contributed by atoms with van der Waals surface area (Å²) in [6.07, 6.45) is 50.3. The van der Waals surface area contributed by atoms with Gasteiger partial charge in [0, 0.05) is 19.3 Å². The molecule has 0 aliphatic heterocycles. The second-order valence-electron chi connectivity index (χ2n) is 15.5.